The van der Waals surface area contributed by atoms with Gasteiger partial charge >= 0.3 is 0 Å². The molecule has 1 aliphatic heterocycles. The number of nitrogens with one attached hydrogen (secondary N) is 1. The Kier molecular flexibility index (Phi) is 4.88. The zero-order valence-electron chi connectivity index (χ0n) is 13.4. The van der Waals surface area contributed by atoms with Crippen molar-refractivity contribution < 1.29 is 18.8 Å². The summed E-state index contributed by atoms with van der Waals surface area (Å²) in [5, 5.41) is 2.62. The molecular formula is C19H17FN2O3. The SMILES string of the molecule is O=C(N[C@@H]1CC(=O)N(Cc2ccc(F)cc2)C1)C(=O)c1ccccc1. The van der Waals surface area contributed by atoms with Gasteiger partial charge in [-0.2, -0.15) is 0 Å². The van der Waals surface area contributed by atoms with Crippen LogP contribution in [0, 0.1) is 5.82 Å². The summed E-state index contributed by atoms with van der Waals surface area (Å²) in [7, 11) is 0. The van der Waals surface area contributed by atoms with Gasteiger partial charge in [0, 0.05) is 25.1 Å². The largest absolute Gasteiger partial charge is 0.344 e. The van der Waals surface area contributed by atoms with E-state index < -0.39 is 17.7 Å². The van der Waals surface area contributed by atoms with Crippen molar-refractivity contribution in [3.63, 3.8) is 0 Å². The number of rotatable bonds is 5. The normalized spacial score (nSPS) is 16.8. The first kappa shape index (κ1) is 16.8. The standard InChI is InChI=1S/C19H17FN2O3/c20-15-8-6-13(7-9-15)11-22-12-16(10-17(22)23)21-19(25)18(24)14-4-2-1-3-5-14/h1-9,16H,10-12H2,(H,21,25)/t16-/m1/s1. The molecule has 2 aromatic rings. The first-order valence-electron chi connectivity index (χ1n) is 7.95. The maximum Gasteiger partial charge on any atom is 0.292 e. The number of amides is 2. The molecule has 0 unspecified atom stereocenters. The van der Waals surface area contributed by atoms with Crippen molar-refractivity contribution in [2.75, 3.05) is 6.54 Å². The summed E-state index contributed by atoms with van der Waals surface area (Å²) in [5.41, 5.74) is 1.12. The van der Waals surface area contributed by atoms with Crippen LogP contribution >= 0.6 is 0 Å². The minimum atomic E-state index is -0.715. The van der Waals surface area contributed by atoms with Crippen molar-refractivity contribution in [1.82, 2.24) is 10.2 Å². The third-order valence-electron chi connectivity index (χ3n) is 4.08. The van der Waals surface area contributed by atoms with Crippen LogP contribution in [0.5, 0.6) is 0 Å². The van der Waals surface area contributed by atoms with Gasteiger partial charge in [0.2, 0.25) is 11.7 Å². The van der Waals surface area contributed by atoms with Crippen LogP contribution in [0.4, 0.5) is 4.39 Å². The van der Waals surface area contributed by atoms with Gasteiger partial charge in [0.05, 0.1) is 6.04 Å². The number of hydrogen-bond donors (Lipinski definition) is 1. The molecule has 0 aromatic heterocycles. The van der Waals surface area contributed by atoms with E-state index in [0.717, 1.165) is 5.56 Å². The second-order valence-corrected chi connectivity index (χ2v) is 5.97. The summed E-state index contributed by atoms with van der Waals surface area (Å²) < 4.78 is 12.9. The molecule has 2 aromatic carbocycles. The Hall–Kier alpha value is -3.02. The Balaban J connectivity index is 1.58. The maximum atomic E-state index is 12.9. The van der Waals surface area contributed by atoms with Crippen molar-refractivity contribution in [3.05, 3.63) is 71.5 Å². The molecule has 0 bridgehead atoms. The summed E-state index contributed by atoms with van der Waals surface area (Å²) in [6.45, 7) is 0.669. The van der Waals surface area contributed by atoms with Gasteiger partial charge in [-0.05, 0) is 17.7 Å². The lowest BCUT2D eigenvalue weighted by Crippen LogP contribution is -2.40. The zero-order chi connectivity index (χ0) is 17.8. The topological polar surface area (TPSA) is 66.5 Å². The average molecular weight is 340 g/mol. The lowest BCUT2D eigenvalue weighted by atomic mass is 10.1. The summed E-state index contributed by atoms with van der Waals surface area (Å²) in [4.78, 5) is 37.8. The monoisotopic (exact) mass is 340 g/mol. The fourth-order valence-electron chi connectivity index (χ4n) is 2.80. The molecule has 0 spiro atoms. The molecule has 1 aliphatic rings. The van der Waals surface area contributed by atoms with Gasteiger partial charge in [0.15, 0.2) is 0 Å². The van der Waals surface area contributed by atoms with Crippen molar-refractivity contribution in [2.24, 2.45) is 0 Å². The average Bonchev–Trinajstić information content (AvgIpc) is 2.96. The van der Waals surface area contributed by atoms with Gasteiger partial charge in [0.25, 0.3) is 5.91 Å². The summed E-state index contributed by atoms with van der Waals surface area (Å²) >= 11 is 0. The second kappa shape index (κ2) is 7.25. The molecule has 1 fully saturated rings. The molecule has 2 amide bonds. The van der Waals surface area contributed by atoms with Crippen molar-refractivity contribution >= 4 is 17.6 Å². The quantitative estimate of drug-likeness (QED) is 0.668. The predicted molar refractivity (Wildman–Crippen MR) is 89.1 cm³/mol. The molecule has 25 heavy (non-hydrogen) atoms. The Morgan fingerprint density at radius 1 is 1.08 bits per heavy atom. The molecule has 6 heteroatoms. The van der Waals surface area contributed by atoms with E-state index >= 15 is 0 Å². The highest BCUT2D eigenvalue weighted by atomic mass is 19.1. The number of hydrogen-bond acceptors (Lipinski definition) is 3. The molecule has 1 heterocycles. The summed E-state index contributed by atoms with van der Waals surface area (Å²) in [6.07, 6.45) is 0.148. The Labute approximate surface area is 144 Å². The van der Waals surface area contributed by atoms with E-state index in [0.29, 0.717) is 18.7 Å². The Morgan fingerprint density at radius 2 is 1.76 bits per heavy atom. The smallest absolute Gasteiger partial charge is 0.292 e. The lowest BCUT2D eigenvalue weighted by Gasteiger charge is -2.17. The number of carbonyl (C=O) groups is 3. The molecule has 1 atom stereocenters. The molecule has 0 saturated carbocycles. The number of nitrogens with zero attached hydrogens (tertiary/aromatic N) is 1. The van der Waals surface area contributed by atoms with E-state index in [9.17, 15) is 18.8 Å². The molecule has 1 N–H and O–H groups in total. The number of likely N-dealkylation sites (tertiary alicyclic amines) is 1. The van der Waals surface area contributed by atoms with E-state index in [1.54, 1.807) is 47.4 Å². The number of Topliss-reactive ketones (excluding diaryl/α,β-unsaturated/α-hetero) is 1. The van der Waals surface area contributed by atoms with Gasteiger partial charge in [-0.25, -0.2) is 4.39 Å². The maximum absolute atomic E-state index is 12.9. The fraction of sp³-hybridized carbons (Fsp3) is 0.211. The minimum absolute atomic E-state index is 0.109. The molecule has 128 valence electrons. The van der Waals surface area contributed by atoms with E-state index in [2.05, 4.69) is 5.32 Å². The highest BCUT2D eigenvalue weighted by molar-refractivity contribution is 6.42. The number of ketones is 1. The van der Waals surface area contributed by atoms with Crippen LogP contribution in [0.1, 0.15) is 22.3 Å². The van der Waals surface area contributed by atoms with Gasteiger partial charge in [0.1, 0.15) is 5.82 Å². The van der Waals surface area contributed by atoms with Crippen LogP contribution < -0.4 is 5.32 Å². The Morgan fingerprint density at radius 3 is 2.44 bits per heavy atom. The lowest BCUT2D eigenvalue weighted by molar-refractivity contribution is -0.128. The highest BCUT2D eigenvalue weighted by Crippen LogP contribution is 2.16. The molecule has 5 nitrogen and oxygen atoms in total. The molecule has 0 radical (unpaired) electrons. The van der Waals surface area contributed by atoms with E-state index in [4.69, 9.17) is 0 Å². The van der Waals surface area contributed by atoms with Crippen LogP contribution in [-0.4, -0.2) is 35.1 Å². The van der Waals surface area contributed by atoms with Crippen LogP contribution in [-0.2, 0) is 16.1 Å². The number of benzene rings is 2. The van der Waals surface area contributed by atoms with Gasteiger partial charge in [-0.1, -0.05) is 42.5 Å². The number of carbonyl (C=O) groups excluding carboxylic acids is 3. The third kappa shape index (κ3) is 4.09. The minimum Gasteiger partial charge on any atom is -0.344 e. The first-order chi connectivity index (χ1) is 12.0. The van der Waals surface area contributed by atoms with Gasteiger partial charge < -0.3 is 10.2 Å². The predicted octanol–water partition coefficient (Wildman–Crippen LogP) is 1.93. The summed E-state index contributed by atoms with van der Waals surface area (Å²) in [5.74, 6) is -1.78. The Bertz CT molecular complexity index is 790. The first-order valence-corrected chi connectivity index (χ1v) is 7.95. The third-order valence-corrected chi connectivity index (χ3v) is 4.08. The van der Waals surface area contributed by atoms with E-state index in [-0.39, 0.29) is 18.1 Å². The van der Waals surface area contributed by atoms with Gasteiger partial charge in [-0.15, -0.1) is 0 Å². The van der Waals surface area contributed by atoms with Gasteiger partial charge in [-0.3, -0.25) is 14.4 Å². The zero-order valence-corrected chi connectivity index (χ0v) is 13.4. The summed E-state index contributed by atoms with van der Waals surface area (Å²) in [6, 6.07) is 13.8. The van der Waals surface area contributed by atoms with Crippen LogP contribution in [0.2, 0.25) is 0 Å². The molecule has 0 aliphatic carbocycles. The highest BCUT2D eigenvalue weighted by Gasteiger charge is 2.31. The van der Waals surface area contributed by atoms with E-state index in [1.165, 1.54) is 12.1 Å². The number of halogens is 1. The fourth-order valence-corrected chi connectivity index (χ4v) is 2.80. The van der Waals surface area contributed by atoms with Crippen molar-refractivity contribution in [2.45, 2.75) is 19.0 Å². The van der Waals surface area contributed by atoms with Crippen molar-refractivity contribution in [3.8, 4) is 0 Å². The molecule has 3 rings (SSSR count). The van der Waals surface area contributed by atoms with E-state index in [1.807, 2.05) is 0 Å². The second-order valence-electron chi connectivity index (χ2n) is 5.97. The molecular weight excluding hydrogens is 323 g/mol. The van der Waals surface area contributed by atoms with Crippen LogP contribution in [0.3, 0.4) is 0 Å². The van der Waals surface area contributed by atoms with Crippen molar-refractivity contribution in [1.29, 1.82) is 0 Å². The molecule has 1 saturated heterocycles. The van der Waals surface area contributed by atoms with Crippen LogP contribution in [0.15, 0.2) is 54.6 Å². The van der Waals surface area contributed by atoms with Crippen LogP contribution in [0.25, 0.3) is 0 Å².